The van der Waals surface area contributed by atoms with Gasteiger partial charge < -0.3 is 5.32 Å². The second kappa shape index (κ2) is 8.16. The zero-order valence-electron chi connectivity index (χ0n) is 13.3. The van der Waals surface area contributed by atoms with Gasteiger partial charge in [0.05, 0.1) is 0 Å². The first-order chi connectivity index (χ1) is 9.74. The van der Waals surface area contributed by atoms with E-state index < -0.39 is 0 Å². The standard InChI is InChI=1S/C17H30N2S/c1-4-7-15-12-18-17(14(3)5-2)13-19(15)10-9-16-8-6-11-20-16/h6,8,11,14-15,17-18H,4-5,7,9-10,12-13H2,1-3H3. The van der Waals surface area contributed by atoms with Crippen LogP contribution in [-0.2, 0) is 6.42 Å². The van der Waals surface area contributed by atoms with E-state index in [0.29, 0.717) is 6.04 Å². The molecule has 0 saturated carbocycles. The predicted molar refractivity (Wildman–Crippen MR) is 89.5 cm³/mol. The van der Waals surface area contributed by atoms with Gasteiger partial charge in [-0.05, 0) is 30.2 Å². The van der Waals surface area contributed by atoms with Crippen LogP contribution in [0.5, 0.6) is 0 Å². The third kappa shape index (κ3) is 4.31. The van der Waals surface area contributed by atoms with E-state index in [1.807, 2.05) is 11.3 Å². The normalized spacial score (nSPS) is 25.8. The first-order valence-corrected chi connectivity index (χ1v) is 9.12. The van der Waals surface area contributed by atoms with Crippen LogP contribution in [0.2, 0.25) is 0 Å². The summed E-state index contributed by atoms with van der Waals surface area (Å²) in [5.74, 6) is 0.779. The van der Waals surface area contributed by atoms with Crippen molar-refractivity contribution in [3.8, 4) is 0 Å². The molecule has 1 N–H and O–H groups in total. The minimum absolute atomic E-state index is 0.677. The number of piperazine rings is 1. The van der Waals surface area contributed by atoms with Crippen molar-refractivity contribution < 1.29 is 0 Å². The number of thiophene rings is 1. The third-order valence-corrected chi connectivity index (χ3v) is 5.68. The SMILES string of the molecule is CCCC1CNC(C(C)CC)CN1CCc1cccs1. The zero-order chi connectivity index (χ0) is 14.4. The minimum atomic E-state index is 0.677. The highest BCUT2D eigenvalue weighted by molar-refractivity contribution is 7.09. The van der Waals surface area contributed by atoms with Gasteiger partial charge in [0.2, 0.25) is 0 Å². The lowest BCUT2D eigenvalue weighted by molar-refractivity contribution is 0.104. The Morgan fingerprint density at radius 1 is 1.45 bits per heavy atom. The van der Waals surface area contributed by atoms with E-state index in [-0.39, 0.29) is 0 Å². The topological polar surface area (TPSA) is 15.3 Å². The van der Waals surface area contributed by atoms with E-state index in [0.717, 1.165) is 12.0 Å². The number of hydrogen-bond donors (Lipinski definition) is 1. The molecule has 2 heterocycles. The van der Waals surface area contributed by atoms with Gasteiger partial charge in [-0.2, -0.15) is 0 Å². The molecule has 0 bridgehead atoms. The molecule has 0 aliphatic carbocycles. The smallest absolute Gasteiger partial charge is 0.0221 e. The largest absolute Gasteiger partial charge is 0.311 e. The molecule has 114 valence electrons. The van der Waals surface area contributed by atoms with Gasteiger partial charge in [-0.25, -0.2) is 0 Å². The molecule has 20 heavy (non-hydrogen) atoms. The zero-order valence-corrected chi connectivity index (χ0v) is 14.1. The lowest BCUT2D eigenvalue weighted by Gasteiger charge is -2.42. The van der Waals surface area contributed by atoms with E-state index in [1.54, 1.807) is 0 Å². The van der Waals surface area contributed by atoms with Crippen LogP contribution < -0.4 is 5.32 Å². The Labute approximate surface area is 128 Å². The Bertz CT molecular complexity index is 363. The van der Waals surface area contributed by atoms with Gasteiger partial charge in [-0.1, -0.05) is 39.7 Å². The van der Waals surface area contributed by atoms with E-state index in [1.165, 1.54) is 50.2 Å². The maximum atomic E-state index is 3.79. The highest BCUT2D eigenvalue weighted by atomic mass is 32.1. The van der Waals surface area contributed by atoms with Crippen molar-refractivity contribution in [2.75, 3.05) is 19.6 Å². The van der Waals surface area contributed by atoms with Crippen LogP contribution in [0, 0.1) is 5.92 Å². The average molecular weight is 295 g/mol. The Kier molecular flexibility index (Phi) is 6.53. The van der Waals surface area contributed by atoms with Crippen molar-refractivity contribution in [2.24, 2.45) is 5.92 Å². The summed E-state index contributed by atoms with van der Waals surface area (Å²) in [4.78, 5) is 4.27. The Morgan fingerprint density at radius 3 is 2.95 bits per heavy atom. The highest BCUT2D eigenvalue weighted by Gasteiger charge is 2.29. The number of nitrogens with one attached hydrogen (secondary N) is 1. The fourth-order valence-corrected chi connectivity index (χ4v) is 3.85. The monoisotopic (exact) mass is 294 g/mol. The Morgan fingerprint density at radius 2 is 2.30 bits per heavy atom. The first-order valence-electron chi connectivity index (χ1n) is 8.24. The summed E-state index contributed by atoms with van der Waals surface area (Å²) < 4.78 is 0. The Hall–Kier alpha value is -0.380. The minimum Gasteiger partial charge on any atom is -0.311 e. The Balaban J connectivity index is 1.91. The third-order valence-electron chi connectivity index (χ3n) is 4.74. The van der Waals surface area contributed by atoms with Crippen molar-refractivity contribution >= 4 is 11.3 Å². The summed E-state index contributed by atoms with van der Waals surface area (Å²) in [6, 6.07) is 5.86. The molecule has 3 unspecified atom stereocenters. The highest BCUT2D eigenvalue weighted by Crippen LogP contribution is 2.19. The van der Waals surface area contributed by atoms with Crippen LogP contribution >= 0.6 is 11.3 Å². The summed E-state index contributed by atoms with van der Waals surface area (Å²) in [6.07, 6.45) is 5.10. The van der Waals surface area contributed by atoms with Crippen molar-refractivity contribution in [3.63, 3.8) is 0 Å². The summed E-state index contributed by atoms with van der Waals surface area (Å²) >= 11 is 1.90. The molecule has 0 radical (unpaired) electrons. The fourth-order valence-electron chi connectivity index (χ4n) is 3.15. The molecule has 0 aromatic carbocycles. The van der Waals surface area contributed by atoms with E-state index in [9.17, 15) is 0 Å². The summed E-state index contributed by atoms with van der Waals surface area (Å²) in [5.41, 5.74) is 0. The summed E-state index contributed by atoms with van der Waals surface area (Å²) in [5, 5.41) is 5.98. The quantitative estimate of drug-likeness (QED) is 0.823. The lowest BCUT2D eigenvalue weighted by Crippen LogP contribution is -2.58. The molecule has 3 atom stereocenters. The lowest BCUT2D eigenvalue weighted by atomic mass is 9.94. The first kappa shape index (κ1) is 16.0. The molecule has 1 aromatic heterocycles. The molecule has 0 spiro atoms. The van der Waals surface area contributed by atoms with Crippen molar-refractivity contribution in [3.05, 3.63) is 22.4 Å². The molecule has 3 heteroatoms. The van der Waals surface area contributed by atoms with Gasteiger partial charge >= 0.3 is 0 Å². The maximum Gasteiger partial charge on any atom is 0.0221 e. The van der Waals surface area contributed by atoms with Gasteiger partial charge in [0.15, 0.2) is 0 Å². The van der Waals surface area contributed by atoms with Crippen molar-refractivity contribution in [1.82, 2.24) is 10.2 Å². The number of rotatable bonds is 7. The molecular weight excluding hydrogens is 264 g/mol. The summed E-state index contributed by atoms with van der Waals surface area (Å²) in [6.45, 7) is 10.6. The second-order valence-electron chi connectivity index (χ2n) is 6.17. The van der Waals surface area contributed by atoms with E-state index in [4.69, 9.17) is 0 Å². The molecule has 1 saturated heterocycles. The molecule has 1 aliphatic rings. The average Bonchev–Trinajstić information content (AvgIpc) is 2.99. The maximum absolute atomic E-state index is 3.79. The van der Waals surface area contributed by atoms with Crippen LogP contribution in [0.25, 0.3) is 0 Å². The molecular formula is C17H30N2S. The van der Waals surface area contributed by atoms with Crippen molar-refractivity contribution in [1.29, 1.82) is 0 Å². The van der Waals surface area contributed by atoms with Gasteiger partial charge in [0.1, 0.15) is 0 Å². The van der Waals surface area contributed by atoms with Crippen LogP contribution in [0.3, 0.4) is 0 Å². The molecule has 1 fully saturated rings. The molecule has 1 aromatic rings. The van der Waals surface area contributed by atoms with Gasteiger partial charge in [-0.15, -0.1) is 11.3 Å². The summed E-state index contributed by atoms with van der Waals surface area (Å²) in [7, 11) is 0. The number of nitrogens with zero attached hydrogens (tertiary/aromatic N) is 1. The van der Waals surface area contributed by atoms with Crippen LogP contribution in [0.4, 0.5) is 0 Å². The molecule has 1 aliphatic heterocycles. The molecule has 2 rings (SSSR count). The van der Waals surface area contributed by atoms with Gasteiger partial charge in [0.25, 0.3) is 0 Å². The van der Waals surface area contributed by atoms with Crippen LogP contribution in [-0.4, -0.2) is 36.6 Å². The molecule has 0 amide bonds. The van der Waals surface area contributed by atoms with Crippen LogP contribution in [0.15, 0.2) is 17.5 Å². The van der Waals surface area contributed by atoms with E-state index in [2.05, 4.69) is 48.5 Å². The second-order valence-corrected chi connectivity index (χ2v) is 7.20. The number of hydrogen-bond acceptors (Lipinski definition) is 3. The van der Waals surface area contributed by atoms with Crippen molar-refractivity contribution in [2.45, 2.75) is 58.5 Å². The van der Waals surface area contributed by atoms with Crippen LogP contribution in [0.1, 0.15) is 44.9 Å². The predicted octanol–water partition coefficient (Wildman–Crippen LogP) is 3.78. The van der Waals surface area contributed by atoms with Gasteiger partial charge in [0, 0.05) is 36.6 Å². The van der Waals surface area contributed by atoms with Gasteiger partial charge in [-0.3, -0.25) is 4.90 Å². The molecule has 2 nitrogen and oxygen atoms in total. The van der Waals surface area contributed by atoms with E-state index >= 15 is 0 Å². The fraction of sp³-hybridized carbons (Fsp3) is 0.765.